The Morgan fingerprint density at radius 2 is 1.64 bits per heavy atom. The molecule has 0 saturated carbocycles. The first-order chi connectivity index (χ1) is 10.7. The molecule has 0 aromatic heterocycles. The molecule has 0 radical (unpaired) electrons. The highest BCUT2D eigenvalue weighted by molar-refractivity contribution is 5.76. The van der Waals surface area contributed by atoms with E-state index in [0.29, 0.717) is 11.8 Å². The molecule has 120 valence electrons. The summed E-state index contributed by atoms with van der Waals surface area (Å²) in [6, 6.07) is 10.5. The van der Waals surface area contributed by atoms with E-state index in [1.165, 1.54) is 18.5 Å². The van der Waals surface area contributed by atoms with Gasteiger partial charge in [-0.2, -0.15) is 0 Å². The summed E-state index contributed by atoms with van der Waals surface area (Å²) < 4.78 is 0. The molecule has 2 heterocycles. The second-order valence-electron chi connectivity index (χ2n) is 6.65. The van der Waals surface area contributed by atoms with Crippen LogP contribution in [-0.2, 0) is 4.79 Å². The average Bonchev–Trinajstić information content (AvgIpc) is 2.58. The molecule has 0 unspecified atom stereocenters. The van der Waals surface area contributed by atoms with Crippen molar-refractivity contribution >= 4 is 11.6 Å². The molecule has 4 nitrogen and oxygen atoms in total. The zero-order chi connectivity index (χ0) is 15.4. The standard InChI is InChI=1S/C18H27N3O/c1-19-9-7-16(8-10-19)15-18(22)21-13-11-20(12-14-21)17-5-3-2-4-6-17/h2-6,16H,7-15H2,1H3. The smallest absolute Gasteiger partial charge is 0.222 e. The highest BCUT2D eigenvalue weighted by Gasteiger charge is 2.25. The van der Waals surface area contributed by atoms with Crippen molar-refractivity contribution in [2.45, 2.75) is 19.3 Å². The summed E-state index contributed by atoms with van der Waals surface area (Å²) >= 11 is 0. The fourth-order valence-corrected chi connectivity index (χ4v) is 3.50. The maximum absolute atomic E-state index is 12.5. The van der Waals surface area contributed by atoms with Gasteiger partial charge in [0, 0.05) is 38.3 Å². The minimum absolute atomic E-state index is 0.363. The lowest BCUT2D eigenvalue weighted by atomic mass is 9.93. The third kappa shape index (κ3) is 3.80. The molecule has 22 heavy (non-hydrogen) atoms. The fraction of sp³-hybridized carbons (Fsp3) is 0.611. The molecular weight excluding hydrogens is 274 g/mol. The fourth-order valence-electron chi connectivity index (χ4n) is 3.50. The molecular formula is C18H27N3O. The summed E-state index contributed by atoms with van der Waals surface area (Å²) in [4.78, 5) is 19.3. The maximum Gasteiger partial charge on any atom is 0.222 e. The van der Waals surface area contributed by atoms with Gasteiger partial charge in [0.1, 0.15) is 0 Å². The number of carbonyl (C=O) groups is 1. The molecule has 0 bridgehead atoms. The number of para-hydroxylation sites is 1. The van der Waals surface area contributed by atoms with E-state index >= 15 is 0 Å². The molecule has 0 aliphatic carbocycles. The zero-order valence-electron chi connectivity index (χ0n) is 13.6. The molecule has 4 heteroatoms. The summed E-state index contributed by atoms with van der Waals surface area (Å²) in [5, 5.41) is 0. The topological polar surface area (TPSA) is 26.8 Å². The average molecular weight is 301 g/mol. The third-order valence-corrected chi connectivity index (χ3v) is 5.06. The van der Waals surface area contributed by atoms with Crippen LogP contribution in [0.1, 0.15) is 19.3 Å². The van der Waals surface area contributed by atoms with Crippen LogP contribution in [0, 0.1) is 5.92 Å². The van der Waals surface area contributed by atoms with E-state index in [1.54, 1.807) is 0 Å². The van der Waals surface area contributed by atoms with Crippen LogP contribution in [0.15, 0.2) is 30.3 Å². The van der Waals surface area contributed by atoms with Gasteiger partial charge in [0.25, 0.3) is 0 Å². The highest BCUT2D eigenvalue weighted by atomic mass is 16.2. The van der Waals surface area contributed by atoms with Crippen molar-refractivity contribution in [3.05, 3.63) is 30.3 Å². The van der Waals surface area contributed by atoms with Gasteiger partial charge >= 0.3 is 0 Å². The summed E-state index contributed by atoms with van der Waals surface area (Å²) in [5.41, 5.74) is 1.27. The number of piperidine rings is 1. The van der Waals surface area contributed by atoms with Gasteiger partial charge in [-0.05, 0) is 51.0 Å². The first kappa shape index (κ1) is 15.3. The number of anilines is 1. The van der Waals surface area contributed by atoms with Gasteiger partial charge in [-0.25, -0.2) is 0 Å². The molecule has 0 atom stereocenters. The van der Waals surface area contributed by atoms with Crippen LogP contribution < -0.4 is 4.90 Å². The van der Waals surface area contributed by atoms with Crippen molar-refractivity contribution in [2.24, 2.45) is 5.92 Å². The largest absolute Gasteiger partial charge is 0.368 e. The number of benzene rings is 1. The number of nitrogens with zero attached hydrogens (tertiary/aromatic N) is 3. The predicted octanol–water partition coefficient (Wildman–Crippen LogP) is 2.07. The van der Waals surface area contributed by atoms with Crippen molar-refractivity contribution in [2.75, 3.05) is 51.2 Å². The quantitative estimate of drug-likeness (QED) is 0.855. The van der Waals surface area contributed by atoms with Crippen LogP contribution >= 0.6 is 0 Å². The first-order valence-electron chi connectivity index (χ1n) is 8.48. The van der Waals surface area contributed by atoms with Crippen LogP contribution in [0.25, 0.3) is 0 Å². The van der Waals surface area contributed by atoms with Crippen LogP contribution in [0.2, 0.25) is 0 Å². The first-order valence-corrected chi connectivity index (χ1v) is 8.48. The Morgan fingerprint density at radius 1 is 1.00 bits per heavy atom. The Hall–Kier alpha value is -1.55. The van der Waals surface area contributed by atoms with E-state index in [-0.39, 0.29) is 0 Å². The Kier molecular flexibility index (Phi) is 4.98. The SMILES string of the molecule is CN1CCC(CC(=O)N2CCN(c3ccccc3)CC2)CC1. The number of hydrogen-bond donors (Lipinski definition) is 0. The van der Waals surface area contributed by atoms with Crippen molar-refractivity contribution in [3.8, 4) is 0 Å². The maximum atomic E-state index is 12.5. The summed E-state index contributed by atoms with van der Waals surface area (Å²) in [6.45, 7) is 5.90. The molecule has 0 N–H and O–H groups in total. The lowest BCUT2D eigenvalue weighted by Gasteiger charge is -2.37. The lowest BCUT2D eigenvalue weighted by Crippen LogP contribution is -2.49. The van der Waals surface area contributed by atoms with Crippen molar-refractivity contribution in [3.63, 3.8) is 0 Å². The van der Waals surface area contributed by atoms with E-state index in [4.69, 9.17) is 0 Å². The minimum Gasteiger partial charge on any atom is -0.368 e. The van der Waals surface area contributed by atoms with E-state index in [1.807, 2.05) is 6.07 Å². The molecule has 1 amide bonds. The third-order valence-electron chi connectivity index (χ3n) is 5.06. The molecule has 3 rings (SSSR count). The molecule has 1 aromatic rings. The molecule has 2 aliphatic heterocycles. The number of carbonyl (C=O) groups excluding carboxylic acids is 1. The summed E-state index contributed by atoms with van der Waals surface area (Å²) in [5.74, 6) is 0.957. The summed E-state index contributed by atoms with van der Waals surface area (Å²) in [6.07, 6.45) is 3.09. The van der Waals surface area contributed by atoms with Gasteiger partial charge in [0.05, 0.1) is 0 Å². The molecule has 0 spiro atoms. The van der Waals surface area contributed by atoms with Crippen molar-refractivity contribution in [1.29, 1.82) is 0 Å². The second kappa shape index (κ2) is 7.14. The van der Waals surface area contributed by atoms with Crippen LogP contribution in [0.4, 0.5) is 5.69 Å². The van der Waals surface area contributed by atoms with E-state index in [9.17, 15) is 4.79 Å². The Bertz CT molecular complexity index is 474. The minimum atomic E-state index is 0.363. The number of likely N-dealkylation sites (tertiary alicyclic amines) is 1. The van der Waals surface area contributed by atoms with E-state index in [2.05, 4.69) is 46.0 Å². The van der Waals surface area contributed by atoms with E-state index < -0.39 is 0 Å². The van der Waals surface area contributed by atoms with Gasteiger partial charge in [-0.3, -0.25) is 4.79 Å². The number of piperazine rings is 1. The molecule has 2 aliphatic rings. The van der Waals surface area contributed by atoms with Gasteiger partial charge in [0.15, 0.2) is 0 Å². The van der Waals surface area contributed by atoms with Crippen molar-refractivity contribution < 1.29 is 4.79 Å². The van der Waals surface area contributed by atoms with Gasteiger partial charge in [-0.15, -0.1) is 0 Å². The second-order valence-corrected chi connectivity index (χ2v) is 6.65. The van der Waals surface area contributed by atoms with Crippen molar-refractivity contribution in [1.82, 2.24) is 9.80 Å². The Labute approximate surface area is 133 Å². The normalized spacial score (nSPS) is 21.1. The van der Waals surface area contributed by atoms with Gasteiger partial charge < -0.3 is 14.7 Å². The molecule has 2 fully saturated rings. The van der Waals surface area contributed by atoms with Crippen LogP contribution in [0.5, 0.6) is 0 Å². The van der Waals surface area contributed by atoms with Gasteiger partial charge in [-0.1, -0.05) is 18.2 Å². The Balaban J connectivity index is 1.46. The number of hydrogen-bond acceptors (Lipinski definition) is 3. The number of amides is 1. The highest BCUT2D eigenvalue weighted by Crippen LogP contribution is 2.21. The molecule has 1 aromatic carbocycles. The summed E-state index contributed by atoms with van der Waals surface area (Å²) in [7, 11) is 2.17. The monoisotopic (exact) mass is 301 g/mol. The lowest BCUT2D eigenvalue weighted by molar-refractivity contribution is -0.132. The number of rotatable bonds is 3. The molecule has 2 saturated heterocycles. The Morgan fingerprint density at radius 3 is 2.27 bits per heavy atom. The van der Waals surface area contributed by atoms with Gasteiger partial charge in [0.2, 0.25) is 5.91 Å². The predicted molar refractivity (Wildman–Crippen MR) is 90.1 cm³/mol. The van der Waals surface area contributed by atoms with Crippen LogP contribution in [-0.4, -0.2) is 62.0 Å². The van der Waals surface area contributed by atoms with E-state index in [0.717, 1.165) is 45.7 Å². The zero-order valence-corrected chi connectivity index (χ0v) is 13.6. The van der Waals surface area contributed by atoms with Crippen LogP contribution in [0.3, 0.4) is 0 Å².